The Bertz CT molecular complexity index is 914. The van der Waals surface area contributed by atoms with E-state index in [2.05, 4.69) is 9.88 Å². The summed E-state index contributed by atoms with van der Waals surface area (Å²) < 4.78 is 19.6. The van der Waals surface area contributed by atoms with Crippen LogP contribution in [0, 0.1) is 11.7 Å². The van der Waals surface area contributed by atoms with E-state index in [0.29, 0.717) is 11.6 Å². The normalized spacial score (nSPS) is 15.3. The van der Waals surface area contributed by atoms with Crippen molar-refractivity contribution in [2.24, 2.45) is 5.92 Å². The summed E-state index contributed by atoms with van der Waals surface area (Å²) in [7, 11) is 1.74. The zero-order valence-electron chi connectivity index (χ0n) is 15.3. The maximum Gasteiger partial charge on any atom is 0.298 e. The number of carbonyl (C=O) groups excluding carboxylic acids is 1. The molecule has 0 saturated carbocycles. The van der Waals surface area contributed by atoms with Crippen LogP contribution in [0.5, 0.6) is 0 Å². The van der Waals surface area contributed by atoms with Crippen LogP contribution in [-0.2, 0) is 11.3 Å². The molecule has 2 aromatic carbocycles. The molecule has 0 atom stereocenters. The van der Waals surface area contributed by atoms with Crippen molar-refractivity contribution in [1.82, 2.24) is 9.88 Å². The van der Waals surface area contributed by atoms with Gasteiger partial charge in [-0.2, -0.15) is 4.98 Å². The number of amides is 1. The number of oxazole rings is 1. The molecule has 1 fully saturated rings. The number of fused-ring (bicyclic) bond motifs is 1. The van der Waals surface area contributed by atoms with Gasteiger partial charge in [-0.15, -0.1) is 0 Å². The monoisotopic (exact) mass is 367 g/mol. The molecule has 6 heteroatoms. The topological polar surface area (TPSA) is 49.6 Å². The van der Waals surface area contributed by atoms with Gasteiger partial charge in [0, 0.05) is 38.2 Å². The molecular weight excluding hydrogens is 345 g/mol. The SMILES string of the molecule is CN(Cc1ccccc1F)C(=O)C1CCN(c2nc3ccccc3o2)CC1. The first kappa shape index (κ1) is 17.5. The van der Waals surface area contributed by atoms with Crippen LogP contribution in [0.2, 0.25) is 0 Å². The third-order valence-corrected chi connectivity index (χ3v) is 5.14. The highest BCUT2D eigenvalue weighted by molar-refractivity contribution is 5.79. The van der Waals surface area contributed by atoms with Gasteiger partial charge in [0.25, 0.3) is 6.01 Å². The number of carbonyl (C=O) groups is 1. The number of rotatable bonds is 4. The van der Waals surface area contributed by atoms with Crippen molar-refractivity contribution in [2.45, 2.75) is 19.4 Å². The number of para-hydroxylation sites is 2. The van der Waals surface area contributed by atoms with Crippen molar-refractivity contribution in [3.8, 4) is 0 Å². The first-order valence-corrected chi connectivity index (χ1v) is 9.21. The first-order valence-electron chi connectivity index (χ1n) is 9.21. The minimum Gasteiger partial charge on any atom is -0.423 e. The van der Waals surface area contributed by atoms with Gasteiger partial charge in [0.05, 0.1) is 0 Å². The third kappa shape index (κ3) is 3.65. The molecule has 0 bridgehead atoms. The lowest BCUT2D eigenvalue weighted by Gasteiger charge is -2.32. The number of nitrogens with zero attached hydrogens (tertiary/aromatic N) is 3. The minimum absolute atomic E-state index is 0.0533. The molecule has 2 heterocycles. The van der Waals surface area contributed by atoms with Gasteiger partial charge in [0.15, 0.2) is 5.58 Å². The number of aromatic nitrogens is 1. The van der Waals surface area contributed by atoms with Crippen LogP contribution >= 0.6 is 0 Å². The summed E-state index contributed by atoms with van der Waals surface area (Å²) in [6.45, 7) is 1.73. The smallest absolute Gasteiger partial charge is 0.298 e. The molecule has 0 unspecified atom stereocenters. The number of hydrogen-bond donors (Lipinski definition) is 0. The molecule has 1 saturated heterocycles. The lowest BCUT2D eigenvalue weighted by atomic mass is 9.95. The van der Waals surface area contributed by atoms with Crippen molar-refractivity contribution in [3.63, 3.8) is 0 Å². The largest absolute Gasteiger partial charge is 0.423 e. The second kappa shape index (κ2) is 7.39. The fraction of sp³-hybridized carbons (Fsp3) is 0.333. The van der Waals surface area contributed by atoms with Crippen LogP contribution in [0.3, 0.4) is 0 Å². The van der Waals surface area contributed by atoms with Gasteiger partial charge in [-0.3, -0.25) is 4.79 Å². The molecular formula is C21H22FN3O2. The Labute approximate surface area is 157 Å². The van der Waals surface area contributed by atoms with Crippen molar-refractivity contribution >= 4 is 23.0 Å². The summed E-state index contributed by atoms with van der Waals surface area (Å²) in [6, 6.07) is 14.9. The second-order valence-corrected chi connectivity index (χ2v) is 7.01. The molecule has 1 amide bonds. The van der Waals surface area contributed by atoms with Crippen LogP contribution in [0.25, 0.3) is 11.1 Å². The van der Waals surface area contributed by atoms with E-state index in [0.717, 1.165) is 37.0 Å². The van der Waals surface area contributed by atoms with Gasteiger partial charge >= 0.3 is 0 Å². The summed E-state index contributed by atoms with van der Waals surface area (Å²) in [5, 5.41) is 0. The Kier molecular flexibility index (Phi) is 4.79. The van der Waals surface area contributed by atoms with E-state index >= 15 is 0 Å². The van der Waals surface area contributed by atoms with Crippen LogP contribution in [0.15, 0.2) is 52.9 Å². The summed E-state index contributed by atoms with van der Waals surface area (Å²) in [4.78, 5) is 21.0. The van der Waals surface area contributed by atoms with Gasteiger partial charge in [0.1, 0.15) is 11.3 Å². The van der Waals surface area contributed by atoms with Crippen molar-refractivity contribution < 1.29 is 13.6 Å². The Hall–Kier alpha value is -2.89. The molecule has 0 spiro atoms. The van der Waals surface area contributed by atoms with E-state index in [1.165, 1.54) is 6.07 Å². The summed E-state index contributed by atoms with van der Waals surface area (Å²) in [5.74, 6) is -0.263. The summed E-state index contributed by atoms with van der Waals surface area (Å²) in [6.07, 6.45) is 1.47. The molecule has 27 heavy (non-hydrogen) atoms. The second-order valence-electron chi connectivity index (χ2n) is 7.01. The van der Waals surface area contributed by atoms with E-state index in [9.17, 15) is 9.18 Å². The molecule has 1 aliphatic rings. The number of halogens is 1. The zero-order valence-corrected chi connectivity index (χ0v) is 15.3. The Morgan fingerprint density at radius 3 is 2.63 bits per heavy atom. The highest BCUT2D eigenvalue weighted by Gasteiger charge is 2.29. The average Bonchev–Trinajstić information content (AvgIpc) is 3.13. The van der Waals surface area contributed by atoms with E-state index in [1.807, 2.05) is 24.3 Å². The summed E-state index contributed by atoms with van der Waals surface area (Å²) >= 11 is 0. The maximum atomic E-state index is 13.8. The third-order valence-electron chi connectivity index (χ3n) is 5.14. The Morgan fingerprint density at radius 1 is 1.19 bits per heavy atom. The standard InChI is InChI=1S/C21H22FN3O2/c1-24(14-16-6-2-3-7-17(16)22)20(26)15-10-12-25(13-11-15)21-23-18-8-4-5-9-19(18)27-21/h2-9,15H,10-14H2,1H3. The fourth-order valence-corrected chi connectivity index (χ4v) is 3.58. The number of benzene rings is 2. The van der Waals surface area contributed by atoms with Gasteiger partial charge in [-0.1, -0.05) is 30.3 Å². The van der Waals surface area contributed by atoms with Crippen LogP contribution < -0.4 is 4.90 Å². The molecule has 5 nitrogen and oxygen atoms in total. The summed E-state index contributed by atoms with van der Waals surface area (Å²) in [5.41, 5.74) is 2.16. The van der Waals surface area contributed by atoms with Gasteiger partial charge in [0.2, 0.25) is 5.91 Å². The lowest BCUT2D eigenvalue weighted by molar-refractivity contribution is -0.135. The van der Waals surface area contributed by atoms with Gasteiger partial charge in [-0.25, -0.2) is 4.39 Å². The van der Waals surface area contributed by atoms with Gasteiger partial charge in [-0.05, 0) is 31.0 Å². The van der Waals surface area contributed by atoms with Crippen LogP contribution in [0.4, 0.5) is 10.4 Å². The molecule has 0 radical (unpaired) electrons. The molecule has 4 rings (SSSR count). The van der Waals surface area contributed by atoms with E-state index in [1.54, 1.807) is 30.1 Å². The number of anilines is 1. The Morgan fingerprint density at radius 2 is 1.89 bits per heavy atom. The molecule has 140 valence electrons. The first-order chi connectivity index (χ1) is 13.1. The molecule has 0 aliphatic carbocycles. The number of hydrogen-bond acceptors (Lipinski definition) is 4. The molecule has 1 aromatic heterocycles. The Balaban J connectivity index is 1.36. The van der Waals surface area contributed by atoms with Crippen molar-refractivity contribution in [1.29, 1.82) is 0 Å². The zero-order chi connectivity index (χ0) is 18.8. The fourth-order valence-electron chi connectivity index (χ4n) is 3.58. The average molecular weight is 367 g/mol. The molecule has 3 aromatic rings. The maximum absolute atomic E-state index is 13.8. The molecule has 1 aliphatic heterocycles. The van der Waals surface area contributed by atoms with Crippen LogP contribution in [0.1, 0.15) is 18.4 Å². The quantitative estimate of drug-likeness (QED) is 0.703. The lowest BCUT2D eigenvalue weighted by Crippen LogP contribution is -2.41. The minimum atomic E-state index is -0.275. The highest BCUT2D eigenvalue weighted by atomic mass is 19.1. The van der Waals surface area contributed by atoms with Crippen molar-refractivity contribution in [3.05, 3.63) is 59.9 Å². The predicted octanol–water partition coefficient (Wildman–Crippen LogP) is 3.84. The number of piperidine rings is 1. The van der Waals surface area contributed by atoms with E-state index in [4.69, 9.17) is 4.42 Å². The van der Waals surface area contributed by atoms with Crippen molar-refractivity contribution in [2.75, 3.05) is 25.0 Å². The van der Waals surface area contributed by atoms with Crippen LogP contribution in [-0.4, -0.2) is 35.9 Å². The predicted molar refractivity (Wildman–Crippen MR) is 102 cm³/mol. The van der Waals surface area contributed by atoms with E-state index < -0.39 is 0 Å². The van der Waals surface area contributed by atoms with E-state index in [-0.39, 0.29) is 24.2 Å². The highest BCUT2D eigenvalue weighted by Crippen LogP contribution is 2.27. The van der Waals surface area contributed by atoms with Gasteiger partial charge < -0.3 is 14.2 Å². The molecule has 0 N–H and O–H groups in total.